The second-order valence-electron chi connectivity index (χ2n) is 23.4. The van der Waals surface area contributed by atoms with Crippen molar-refractivity contribution in [3.63, 3.8) is 0 Å². The number of nitrogens with zero attached hydrogens (tertiary/aromatic N) is 10. The number of hydrogen-bond acceptors (Lipinski definition) is 6. The summed E-state index contributed by atoms with van der Waals surface area (Å²) in [5.41, 5.74) is 6.53. The van der Waals surface area contributed by atoms with Gasteiger partial charge in [0.25, 0.3) is 0 Å². The Morgan fingerprint density at radius 3 is 1.91 bits per heavy atom. The summed E-state index contributed by atoms with van der Waals surface area (Å²) in [6.07, 6.45) is 40.1. The molecule has 77 heavy (non-hydrogen) atoms. The van der Waals surface area contributed by atoms with Crippen LogP contribution in [0.4, 0.5) is 11.8 Å². The van der Waals surface area contributed by atoms with E-state index in [1.54, 1.807) is 24.7 Å². The van der Waals surface area contributed by atoms with Gasteiger partial charge in [0.05, 0.1) is 11.6 Å². The van der Waals surface area contributed by atoms with Crippen molar-refractivity contribution in [1.29, 1.82) is 0 Å². The average Bonchev–Trinajstić information content (AvgIpc) is 4.29. The fourth-order valence-corrected chi connectivity index (χ4v) is 13.1. The molecule has 2 aromatic carbocycles. The van der Waals surface area contributed by atoms with E-state index in [1.807, 2.05) is 67.6 Å². The predicted molar refractivity (Wildman–Crippen MR) is 297 cm³/mol. The Balaban J connectivity index is 0.000000167. The van der Waals surface area contributed by atoms with Gasteiger partial charge in [0.1, 0.15) is 6.57 Å². The van der Waals surface area contributed by atoms with Crippen molar-refractivity contribution in [2.24, 2.45) is 33.2 Å². The van der Waals surface area contributed by atoms with Gasteiger partial charge in [-0.2, -0.15) is 0 Å². The predicted octanol–water partition coefficient (Wildman–Crippen LogP) is 15.2. The fraction of sp³-hybridized carbons (Fsp3) is 0.469. The van der Waals surface area contributed by atoms with E-state index in [2.05, 4.69) is 119 Å². The van der Waals surface area contributed by atoms with E-state index in [1.165, 1.54) is 137 Å². The number of benzene rings is 2. The van der Waals surface area contributed by atoms with Gasteiger partial charge >= 0.3 is 5.82 Å². The summed E-state index contributed by atoms with van der Waals surface area (Å²) in [4.78, 5) is 21.0. The van der Waals surface area contributed by atoms with Crippen molar-refractivity contribution >= 4 is 28.4 Å². The van der Waals surface area contributed by atoms with Gasteiger partial charge < -0.3 is 9.58 Å². The molecule has 13 heteroatoms. The van der Waals surface area contributed by atoms with E-state index in [0.29, 0.717) is 22.6 Å². The first-order chi connectivity index (χ1) is 36.1. The van der Waals surface area contributed by atoms with Gasteiger partial charge in [0.15, 0.2) is 6.54 Å². The molecule has 12 rings (SSSR count). The van der Waals surface area contributed by atoms with Crippen LogP contribution in [0.1, 0.15) is 160 Å². The third-order valence-corrected chi connectivity index (χ3v) is 17.5. The second kappa shape index (κ2) is 28.1. The van der Waals surface area contributed by atoms with Gasteiger partial charge in [-0.15, -0.1) is 33.5 Å². The van der Waals surface area contributed by atoms with Crippen molar-refractivity contribution in [3.8, 4) is 11.6 Å². The van der Waals surface area contributed by atoms with Crippen molar-refractivity contribution in [2.75, 3.05) is 5.01 Å². The molecule has 0 unspecified atom stereocenters. The van der Waals surface area contributed by atoms with Crippen LogP contribution in [0.25, 0.3) is 27.4 Å². The van der Waals surface area contributed by atoms with E-state index in [9.17, 15) is 0 Å². The zero-order valence-electron chi connectivity index (χ0n) is 45.3. The minimum atomic E-state index is 0. The van der Waals surface area contributed by atoms with Crippen molar-refractivity contribution in [3.05, 3.63) is 169 Å². The van der Waals surface area contributed by atoms with E-state index < -0.39 is 0 Å². The van der Waals surface area contributed by atoms with Gasteiger partial charge in [0.2, 0.25) is 5.95 Å². The normalized spacial score (nSPS) is 22.8. The SMILES string of the molecule is CC1(CC2=NN(c3ncccn3)[CH-]C2)CCC(C2CCCCC2)CC1.CC1(Cc2ccc3c(c[c-]n3-c3ccccn3)c2)CCC(c2ccccc2)CC1.[C-]#[N+]c1c[c-]n(-c2ccccn2)[n+]1CC1(C)CCCC1.[Ir].[Ir].[Ir]. The van der Waals surface area contributed by atoms with Crippen LogP contribution in [0.15, 0.2) is 133 Å². The number of pyridine rings is 2. The largest absolute Gasteiger partial charge is 0.474 e. The maximum absolute atomic E-state index is 7.35. The summed E-state index contributed by atoms with van der Waals surface area (Å²) < 4.78 is 5.93. The second-order valence-corrected chi connectivity index (χ2v) is 23.4. The van der Waals surface area contributed by atoms with Crippen LogP contribution in [0.3, 0.4) is 0 Å². The van der Waals surface area contributed by atoms with E-state index in [4.69, 9.17) is 11.7 Å². The molecule has 4 saturated carbocycles. The third-order valence-electron chi connectivity index (χ3n) is 17.5. The molecule has 7 aromatic rings. The van der Waals surface area contributed by atoms with E-state index >= 15 is 0 Å². The molecule has 1 aliphatic heterocycles. The van der Waals surface area contributed by atoms with Gasteiger partial charge in [-0.05, 0) is 136 Å². The van der Waals surface area contributed by atoms with Crippen LogP contribution in [-0.2, 0) is 73.3 Å². The number of hydrazone groups is 1. The summed E-state index contributed by atoms with van der Waals surface area (Å²) in [6.45, 7) is 17.6. The Kier molecular flexibility index (Phi) is 21.9. The Morgan fingerprint density at radius 1 is 0.623 bits per heavy atom. The van der Waals surface area contributed by atoms with Crippen LogP contribution in [0.2, 0.25) is 0 Å². The number of hydrogen-bond donors (Lipinski definition) is 0. The molecule has 5 aromatic heterocycles. The Labute approximate surface area is 499 Å². The topological polar surface area (TPSA) is 85.3 Å². The Morgan fingerprint density at radius 2 is 1.25 bits per heavy atom. The molecule has 10 nitrogen and oxygen atoms in total. The first kappa shape index (κ1) is 60.1. The summed E-state index contributed by atoms with van der Waals surface area (Å²) in [5.74, 6) is 5.80. The molecule has 0 saturated heterocycles. The first-order valence-electron chi connectivity index (χ1n) is 27.9. The van der Waals surface area contributed by atoms with Crippen LogP contribution >= 0.6 is 0 Å². The van der Waals surface area contributed by atoms with Crippen LogP contribution in [-0.4, -0.2) is 34.9 Å². The van der Waals surface area contributed by atoms with Gasteiger partial charge in [-0.25, -0.2) is 26.3 Å². The summed E-state index contributed by atoms with van der Waals surface area (Å²) >= 11 is 0. The molecule has 0 N–H and O–H groups in total. The van der Waals surface area contributed by atoms with Crippen molar-refractivity contribution < 1.29 is 65.0 Å². The average molecular weight is 1560 g/mol. The number of aromatic nitrogens is 7. The Bertz CT molecular complexity index is 2940. The summed E-state index contributed by atoms with van der Waals surface area (Å²) in [6, 6.07) is 35.4. The number of rotatable bonds is 11. The van der Waals surface area contributed by atoms with Crippen molar-refractivity contribution in [2.45, 2.75) is 162 Å². The van der Waals surface area contributed by atoms with Gasteiger partial charge in [-0.3, -0.25) is 9.97 Å². The smallest absolute Gasteiger partial charge is 0.429 e. The third kappa shape index (κ3) is 15.4. The molecular formula is C64H76Ir3N10-2. The zero-order chi connectivity index (χ0) is 50.8. The molecule has 5 aliphatic rings. The summed E-state index contributed by atoms with van der Waals surface area (Å²) in [5, 5.41) is 7.87. The van der Waals surface area contributed by atoms with E-state index in [0.717, 1.165) is 55.2 Å². The number of fused-ring (bicyclic) bond motifs is 1. The molecule has 6 heterocycles. The molecule has 4 aliphatic carbocycles. The monoisotopic (exact) mass is 1560 g/mol. The molecule has 0 bridgehead atoms. The van der Waals surface area contributed by atoms with Gasteiger partial charge in [-0.1, -0.05) is 150 Å². The number of anilines is 1. The minimum absolute atomic E-state index is 0. The molecule has 411 valence electrons. The minimum Gasteiger partial charge on any atom is -0.429 e. The van der Waals surface area contributed by atoms with Gasteiger partial charge in [0, 0.05) is 102 Å². The molecule has 3 radical (unpaired) electrons. The molecule has 0 spiro atoms. The maximum Gasteiger partial charge on any atom is 0.474 e. The maximum atomic E-state index is 7.35. The molecule has 0 amide bonds. The molecule has 4 fully saturated rings. The molecular weight excluding hydrogens is 1490 g/mol. The molecule has 0 atom stereocenters. The van der Waals surface area contributed by atoms with Crippen LogP contribution < -0.4 is 9.69 Å². The van der Waals surface area contributed by atoms with E-state index in [-0.39, 0.29) is 65.7 Å². The van der Waals surface area contributed by atoms with Crippen molar-refractivity contribution in [1.82, 2.24) is 29.2 Å². The summed E-state index contributed by atoms with van der Waals surface area (Å²) in [7, 11) is 0. The quantitative estimate of drug-likeness (QED) is 0.0951. The standard InChI is InChI=1S/C27H27N2.C21H31N4.C16H18N4.3Ir/c1-27(15-12-23(13-16-27)22-7-3-2-4-8-22)20-21-10-11-25-24(19-21)14-18-29(25)26-9-5-6-17-28-26;1-21(11-8-18(9-12-21)17-6-3-2-4-7-17)16-19-10-15-25(24-19)20-22-13-5-14-23-20;1-16(9-4-5-10-16)13-20-14(17-2)8-12-19(20)15-7-3-6-11-18-15;;;/h2-11,14,17,19,23H,12-13,15-16,20H2,1H3;5,13-15,17-18H,2-4,6-12,16H2,1H3;3,6-8,11H,4-5,9-10,13H2,1H3;;;/q2*-1;;;;. The zero-order valence-corrected chi connectivity index (χ0v) is 52.4. The van der Waals surface area contributed by atoms with Crippen LogP contribution in [0.5, 0.6) is 0 Å². The van der Waals surface area contributed by atoms with Crippen LogP contribution in [0, 0.1) is 53.6 Å². The fourth-order valence-electron chi connectivity index (χ4n) is 13.1. The Hall–Kier alpha value is -4.52. The first-order valence-corrected chi connectivity index (χ1v) is 27.9.